The normalized spacial score (nSPS) is 12.7. The molecule has 0 aliphatic carbocycles. The summed E-state index contributed by atoms with van der Waals surface area (Å²) in [5, 5.41) is 4.61. The Kier molecular flexibility index (Phi) is 3.45. The minimum absolute atomic E-state index is 0.0898. The van der Waals surface area contributed by atoms with E-state index >= 15 is 0 Å². The van der Waals surface area contributed by atoms with E-state index in [4.69, 9.17) is 21.9 Å². The van der Waals surface area contributed by atoms with Crippen LogP contribution in [0.25, 0.3) is 11.5 Å². The van der Waals surface area contributed by atoms with E-state index in [9.17, 15) is 0 Å². The first-order chi connectivity index (χ1) is 8.13. The molecule has 0 saturated heterocycles. The van der Waals surface area contributed by atoms with Gasteiger partial charge < -0.3 is 10.3 Å². The molecular formula is C12H14ClN3O. The van der Waals surface area contributed by atoms with Crippen LogP contribution in [0.1, 0.15) is 24.2 Å². The lowest BCUT2D eigenvalue weighted by Gasteiger charge is -2.02. The minimum atomic E-state index is 0.0898. The van der Waals surface area contributed by atoms with Crippen LogP contribution in [0.15, 0.2) is 22.7 Å². The van der Waals surface area contributed by atoms with Gasteiger partial charge in [0.25, 0.3) is 5.89 Å². The molecule has 4 nitrogen and oxygen atoms in total. The van der Waals surface area contributed by atoms with Crippen LogP contribution in [0.4, 0.5) is 0 Å². The van der Waals surface area contributed by atoms with Crippen molar-refractivity contribution in [3.63, 3.8) is 0 Å². The van der Waals surface area contributed by atoms with Crippen molar-refractivity contribution in [2.45, 2.75) is 19.8 Å². The molecule has 0 saturated carbocycles. The van der Waals surface area contributed by atoms with E-state index in [2.05, 4.69) is 10.1 Å². The third kappa shape index (κ3) is 2.33. The van der Waals surface area contributed by atoms with E-state index in [1.807, 2.05) is 32.0 Å². The van der Waals surface area contributed by atoms with Gasteiger partial charge in [-0.25, -0.2) is 0 Å². The molecule has 17 heavy (non-hydrogen) atoms. The number of halogens is 1. The van der Waals surface area contributed by atoms with Crippen LogP contribution in [0.5, 0.6) is 0 Å². The largest absolute Gasteiger partial charge is 0.334 e. The average Bonchev–Trinajstić information content (AvgIpc) is 2.81. The van der Waals surface area contributed by atoms with E-state index in [-0.39, 0.29) is 5.92 Å². The SMILES string of the molecule is Cc1c(Cl)cccc1-c1nc(C(C)CN)no1. The second-order valence-corrected chi connectivity index (χ2v) is 4.41. The molecule has 0 radical (unpaired) electrons. The van der Waals surface area contributed by atoms with Gasteiger partial charge in [0.1, 0.15) is 0 Å². The summed E-state index contributed by atoms with van der Waals surface area (Å²) in [7, 11) is 0. The topological polar surface area (TPSA) is 64.9 Å². The van der Waals surface area contributed by atoms with Crippen LogP contribution in [-0.4, -0.2) is 16.7 Å². The Labute approximate surface area is 105 Å². The molecule has 0 bridgehead atoms. The van der Waals surface area contributed by atoms with Crippen molar-refractivity contribution >= 4 is 11.6 Å². The number of hydrogen-bond acceptors (Lipinski definition) is 4. The quantitative estimate of drug-likeness (QED) is 0.911. The van der Waals surface area contributed by atoms with Gasteiger partial charge >= 0.3 is 0 Å². The van der Waals surface area contributed by atoms with Crippen LogP contribution >= 0.6 is 11.6 Å². The molecule has 1 heterocycles. The summed E-state index contributed by atoms with van der Waals surface area (Å²) < 4.78 is 5.23. The fourth-order valence-electron chi connectivity index (χ4n) is 1.49. The van der Waals surface area contributed by atoms with Crippen molar-refractivity contribution in [1.29, 1.82) is 0 Å². The summed E-state index contributed by atoms with van der Waals surface area (Å²) in [6, 6.07) is 5.60. The molecule has 0 spiro atoms. The number of nitrogens with two attached hydrogens (primary N) is 1. The Morgan fingerprint density at radius 3 is 2.94 bits per heavy atom. The predicted molar refractivity (Wildman–Crippen MR) is 67.0 cm³/mol. The molecule has 90 valence electrons. The zero-order valence-electron chi connectivity index (χ0n) is 9.77. The van der Waals surface area contributed by atoms with Crippen LogP contribution in [-0.2, 0) is 0 Å². The summed E-state index contributed by atoms with van der Waals surface area (Å²) >= 11 is 6.05. The van der Waals surface area contributed by atoms with Gasteiger partial charge in [-0.3, -0.25) is 0 Å². The van der Waals surface area contributed by atoms with Gasteiger partial charge in [0.15, 0.2) is 5.82 Å². The smallest absolute Gasteiger partial charge is 0.258 e. The number of aromatic nitrogens is 2. The van der Waals surface area contributed by atoms with Crippen molar-refractivity contribution in [3.8, 4) is 11.5 Å². The molecule has 2 rings (SSSR count). The highest BCUT2D eigenvalue weighted by Crippen LogP contribution is 2.27. The fourth-order valence-corrected chi connectivity index (χ4v) is 1.66. The zero-order chi connectivity index (χ0) is 12.4. The second-order valence-electron chi connectivity index (χ2n) is 4.01. The molecule has 1 aromatic carbocycles. The molecule has 2 aromatic rings. The lowest BCUT2D eigenvalue weighted by molar-refractivity contribution is 0.417. The first-order valence-corrected chi connectivity index (χ1v) is 5.80. The standard InChI is InChI=1S/C12H14ClN3O/c1-7(6-14)11-15-12(17-16-11)9-4-3-5-10(13)8(9)2/h3-5,7H,6,14H2,1-2H3. The third-order valence-corrected chi connectivity index (χ3v) is 3.14. The van der Waals surface area contributed by atoms with E-state index in [1.54, 1.807) is 0 Å². The third-order valence-electron chi connectivity index (χ3n) is 2.73. The average molecular weight is 252 g/mol. The van der Waals surface area contributed by atoms with Crippen molar-refractivity contribution in [1.82, 2.24) is 10.1 Å². The van der Waals surface area contributed by atoms with Crippen molar-refractivity contribution < 1.29 is 4.52 Å². The number of hydrogen-bond donors (Lipinski definition) is 1. The van der Waals surface area contributed by atoms with Gasteiger partial charge in [0.05, 0.1) is 0 Å². The highest BCUT2D eigenvalue weighted by molar-refractivity contribution is 6.31. The lowest BCUT2D eigenvalue weighted by Crippen LogP contribution is -2.10. The van der Waals surface area contributed by atoms with Crippen LogP contribution in [0.3, 0.4) is 0 Å². The second kappa shape index (κ2) is 4.85. The Balaban J connectivity index is 2.40. The molecule has 2 N–H and O–H groups in total. The Morgan fingerprint density at radius 2 is 2.24 bits per heavy atom. The van der Waals surface area contributed by atoms with Crippen molar-refractivity contribution in [3.05, 3.63) is 34.6 Å². The molecule has 0 aliphatic heterocycles. The number of benzene rings is 1. The van der Waals surface area contributed by atoms with E-state index in [1.165, 1.54) is 0 Å². The maximum atomic E-state index is 6.05. The van der Waals surface area contributed by atoms with Gasteiger partial charge in [-0.15, -0.1) is 0 Å². The highest BCUT2D eigenvalue weighted by atomic mass is 35.5. The van der Waals surface area contributed by atoms with Gasteiger partial charge in [-0.1, -0.05) is 29.7 Å². The van der Waals surface area contributed by atoms with E-state index in [0.29, 0.717) is 23.3 Å². The summed E-state index contributed by atoms with van der Waals surface area (Å²) in [5.41, 5.74) is 7.36. The summed E-state index contributed by atoms with van der Waals surface area (Å²) in [5.74, 6) is 1.20. The lowest BCUT2D eigenvalue weighted by atomic mass is 10.1. The Bertz CT molecular complexity index is 524. The number of rotatable bonds is 3. The number of nitrogens with zero attached hydrogens (tertiary/aromatic N) is 2. The Morgan fingerprint density at radius 1 is 1.47 bits per heavy atom. The van der Waals surface area contributed by atoms with E-state index < -0.39 is 0 Å². The van der Waals surface area contributed by atoms with Gasteiger partial charge in [-0.05, 0) is 24.6 Å². The monoisotopic (exact) mass is 251 g/mol. The molecule has 5 heteroatoms. The molecule has 1 unspecified atom stereocenters. The predicted octanol–water partition coefficient (Wildman–Crippen LogP) is 2.76. The summed E-state index contributed by atoms with van der Waals surface area (Å²) in [6.07, 6.45) is 0. The van der Waals surface area contributed by atoms with Gasteiger partial charge in [0, 0.05) is 23.0 Å². The fraction of sp³-hybridized carbons (Fsp3) is 0.333. The van der Waals surface area contributed by atoms with Crippen LogP contribution < -0.4 is 5.73 Å². The van der Waals surface area contributed by atoms with Gasteiger partial charge in [-0.2, -0.15) is 4.98 Å². The van der Waals surface area contributed by atoms with E-state index in [0.717, 1.165) is 11.1 Å². The molecule has 0 aliphatic rings. The molecule has 0 amide bonds. The molecule has 1 aromatic heterocycles. The Hall–Kier alpha value is -1.39. The maximum Gasteiger partial charge on any atom is 0.258 e. The first-order valence-electron chi connectivity index (χ1n) is 5.42. The van der Waals surface area contributed by atoms with Gasteiger partial charge in [0.2, 0.25) is 0 Å². The van der Waals surface area contributed by atoms with Crippen LogP contribution in [0.2, 0.25) is 5.02 Å². The minimum Gasteiger partial charge on any atom is -0.334 e. The van der Waals surface area contributed by atoms with Crippen molar-refractivity contribution in [2.75, 3.05) is 6.54 Å². The molecular weight excluding hydrogens is 238 g/mol. The zero-order valence-corrected chi connectivity index (χ0v) is 10.5. The summed E-state index contributed by atoms with van der Waals surface area (Å²) in [6.45, 7) is 4.38. The summed E-state index contributed by atoms with van der Waals surface area (Å²) in [4.78, 5) is 4.34. The first kappa shape index (κ1) is 12.1. The maximum absolute atomic E-state index is 6.05. The highest BCUT2D eigenvalue weighted by Gasteiger charge is 2.15. The van der Waals surface area contributed by atoms with Crippen molar-refractivity contribution in [2.24, 2.45) is 5.73 Å². The molecule has 0 fully saturated rings. The molecule has 1 atom stereocenters. The van der Waals surface area contributed by atoms with Crippen LogP contribution in [0, 0.1) is 6.92 Å².